The van der Waals surface area contributed by atoms with Crippen LogP contribution in [0.5, 0.6) is 0 Å². The molecule has 0 fully saturated rings. The summed E-state index contributed by atoms with van der Waals surface area (Å²) >= 11 is 0. The fourth-order valence-corrected chi connectivity index (χ4v) is 3.24. The maximum absolute atomic E-state index is 12.5. The predicted octanol–water partition coefficient (Wildman–Crippen LogP) is 2.46. The van der Waals surface area contributed by atoms with E-state index in [1.807, 2.05) is 24.3 Å². The van der Waals surface area contributed by atoms with Gasteiger partial charge in [0.1, 0.15) is 0 Å². The Morgan fingerprint density at radius 3 is 2.83 bits per heavy atom. The molecule has 23 heavy (non-hydrogen) atoms. The van der Waals surface area contributed by atoms with E-state index >= 15 is 0 Å². The van der Waals surface area contributed by atoms with E-state index in [4.69, 9.17) is 6.42 Å². The number of terminal acetylenes is 1. The third kappa shape index (κ3) is 3.13. The lowest BCUT2D eigenvalue weighted by atomic mass is 10.0. The molecule has 1 amide bonds. The molecular formula is C18H21N3O2. The maximum atomic E-state index is 12.5. The summed E-state index contributed by atoms with van der Waals surface area (Å²) in [6.07, 6.45) is 7.63. The van der Waals surface area contributed by atoms with Gasteiger partial charge in [-0.2, -0.15) is 10.2 Å². The van der Waals surface area contributed by atoms with Crippen molar-refractivity contribution in [3.8, 4) is 12.3 Å². The maximum Gasteiger partial charge on any atom is 0.222 e. The highest BCUT2D eigenvalue weighted by Gasteiger charge is 2.41. The van der Waals surface area contributed by atoms with Gasteiger partial charge in [0.05, 0.1) is 12.1 Å². The molecule has 0 unspecified atom stereocenters. The van der Waals surface area contributed by atoms with Crippen molar-refractivity contribution in [1.82, 2.24) is 4.90 Å². The van der Waals surface area contributed by atoms with Gasteiger partial charge in [-0.05, 0) is 17.5 Å². The summed E-state index contributed by atoms with van der Waals surface area (Å²) in [7, 11) is 1.76. The van der Waals surface area contributed by atoms with Crippen molar-refractivity contribution in [3.63, 3.8) is 0 Å². The van der Waals surface area contributed by atoms with Gasteiger partial charge in [0.2, 0.25) is 5.91 Å². The lowest BCUT2D eigenvalue weighted by molar-refractivity contribution is -0.134. The quantitative estimate of drug-likeness (QED) is 0.820. The van der Waals surface area contributed by atoms with Crippen molar-refractivity contribution >= 4 is 5.91 Å². The second-order valence-electron chi connectivity index (χ2n) is 6.31. The molecule has 1 heterocycles. The van der Waals surface area contributed by atoms with Crippen LogP contribution in [0.15, 0.2) is 34.5 Å². The molecule has 1 aromatic rings. The Kier molecular flexibility index (Phi) is 4.18. The highest BCUT2D eigenvalue weighted by atomic mass is 16.3. The highest BCUT2D eigenvalue weighted by molar-refractivity contribution is 5.76. The van der Waals surface area contributed by atoms with E-state index in [1.54, 1.807) is 11.9 Å². The number of carbonyl (C=O) groups is 1. The number of likely N-dealkylation sites (N-methyl/N-ethyl adjacent to an activating group) is 1. The van der Waals surface area contributed by atoms with Crippen molar-refractivity contribution in [1.29, 1.82) is 0 Å². The molecule has 5 heteroatoms. The van der Waals surface area contributed by atoms with Crippen molar-refractivity contribution in [2.45, 2.75) is 49.9 Å². The van der Waals surface area contributed by atoms with Crippen LogP contribution >= 0.6 is 0 Å². The van der Waals surface area contributed by atoms with E-state index in [0.717, 1.165) is 11.1 Å². The van der Waals surface area contributed by atoms with Crippen LogP contribution in [0.25, 0.3) is 0 Å². The first kappa shape index (κ1) is 15.7. The average molecular weight is 311 g/mol. The molecule has 0 saturated carbocycles. The minimum Gasteiger partial charge on any atom is -0.386 e. The van der Waals surface area contributed by atoms with Crippen LogP contribution in [-0.2, 0) is 11.2 Å². The molecule has 3 rings (SSSR count). The van der Waals surface area contributed by atoms with E-state index < -0.39 is 11.8 Å². The first-order valence-electron chi connectivity index (χ1n) is 7.95. The summed E-state index contributed by atoms with van der Waals surface area (Å²) in [5, 5.41) is 18.6. The van der Waals surface area contributed by atoms with Gasteiger partial charge < -0.3 is 10.0 Å². The zero-order chi connectivity index (χ0) is 16.4. The third-order valence-corrected chi connectivity index (χ3v) is 4.85. The fraction of sp³-hybridized carbons (Fsp3) is 0.500. The Balaban J connectivity index is 1.56. The first-order chi connectivity index (χ1) is 11.1. The molecule has 2 atom stereocenters. The van der Waals surface area contributed by atoms with Crippen molar-refractivity contribution in [3.05, 3.63) is 35.4 Å². The first-order valence-corrected chi connectivity index (χ1v) is 7.95. The van der Waals surface area contributed by atoms with Gasteiger partial charge in [-0.3, -0.25) is 4.79 Å². The number of aliphatic hydroxyl groups excluding tert-OH is 1. The highest BCUT2D eigenvalue weighted by Crippen LogP contribution is 2.38. The molecule has 2 aliphatic rings. The fourth-order valence-electron chi connectivity index (χ4n) is 3.24. The van der Waals surface area contributed by atoms with E-state index in [2.05, 4.69) is 16.1 Å². The summed E-state index contributed by atoms with van der Waals surface area (Å²) < 4.78 is 0. The number of benzene rings is 1. The Morgan fingerprint density at radius 1 is 1.43 bits per heavy atom. The van der Waals surface area contributed by atoms with E-state index in [1.165, 1.54) is 0 Å². The van der Waals surface area contributed by atoms with Gasteiger partial charge in [0, 0.05) is 32.7 Å². The smallest absolute Gasteiger partial charge is 0.222 e. The Morgan fingerprint density at radius 2 is 2.17 bits per heavy atom. The average Bonchev–Trinajstić information content (AvgIpc) is 3.27. The minimum absolute atomic E-state index is 0.0132. The van der Waals surface area contributed by atoms with Crippen LogP contribution < -0.4 is 0 Å². The van der Waals surface area contributed by atoms with Crippen molar-refractivity contribution < 1.29 is 9.90 Å². The summed E-state index contributed by atoms with van der Waals surface area (Å²) in [6.45, 7) is 0. The van der Waals surface area contributed by atoms with Crippen LogP contribution in [0.1, 0.15) is 42.9 Å². The van der Waals surface area contributed by atoms with Crippen molar-refractivity contribution in [2.75, 3.05) is 7.05 Å². The molecule has 0 radical (unpaired) electrons. The SMILES string of the molecule is C#CCCC1(CCC(=O)N(C)[C@@H]2Cc3ccccc3[C@@H]2O)N=N1. The minimum atomic E-state index is -0.620. The van der Waals surface area contributed by atoms with Crippen LogP contribution in [0.4, 0.5) is 0 Å². The van der Waals surface area contributed by atoms with Gasteiger partial charge >= 0.3 is 0 Å². The molecule has 0 spiro atoms. The van der Waals surface area contributed by atoms with Crippen LogP contribution in [0.3, 0.4) is 0 Å². The standard InChI is InChI=1S/C18H21N3O2/c1-3-4-10-18(19-20-18)11-9-16(22)21(2)15-12-13-7-5-6-8-14(13)17(15)23/h1,5-8,15,17,23H,4,9-12H2,2H3/t15-,17+/m1/s1. The van der Waals surface area contributed by atoms with Crippen molar-refractivity contribution in [2.24, 2.45) is 10.2 Å². The van der Waals surface area contributed by atoms with Crippen LogP contribution in [0, 0.1) is 12.3 Å². The summed E-state index contributed by atoms with van der Waals surface area (Å²) in [4.78, 5) is 14.1. The monoisotopic (exact) mass is 311 g/mol. The molecule has 5 nitrogen and oxygen atoms in total. The lowest BCUT2D eigenvalue weighted by Gasteiger charge is -2.27. The number of fused-ring (bicyclic) bond motifs is 1. The van der Waals surface area contributed by atoms with Crippen LogP contribution in [-0.4, -0.2) is 34.7 Å². The molecule has 0 bridgehead atoms. The zero-order valence-electron chi connectivity index (χ0n) is 13.3. The zero-order valence-corrected chi connectivity index (χ0v) is 13.3. The molecule has 0 saturated heterocycles. The molecule has 1 N–H and O–H groups in total. The number of hydrogen-bond donors (Lipinski definition) is 1. The molecular weight excluding hydrogens is 290 g/mol. The second-order valence-corrected chi connectivity index (χ2v) is 6.31. The van der Waals surface area contributed by atoms with E-state index in [9.17, 15) is 9.90 Å². The Bertz CT molecular complexity index is 671. The number of amides is 1. The van der Waals surface area contributed by atoms with Gasteiger partial charge in [-0.25, -0.2) is 0 Å². The summed E-state index contributed by atoms with van der Waals surface area (Å²) in [5.41, 5.74) is 1.61. The summed E-state index contributed by atoms with van der Waals surface area (Å²) in [5.74, 6) is 2.60. The van der Waals surface area contributed by atoms with Gasteiger partial charge in [0.15, 0.2) is 5.66 Å². The largest absolute Gasteiger partial charge is 0.386 e. The Labute approximate surface area is 136 Å². The molecule has 120 valence electrons. The number of hydrogen-bond acceptors (Lipinski definition) is 4. The molecule has 1 aliphatic heterocycles. The van der Waals surface area contributed by atoms with Gasteiger partial charge in [-0.1, -0.05) is 24.3 Å². The topological polar surface area (TPSA) is 65.3 Å². The number of nitrogens with zero attached hydrogens (tertiary/aromatic N) is 3. The second kappa shape index (κ2) is 6.13. The van der Waals surface area contributed by atoms with E-state index in [-0.39, 0.29) is 11.9 Å². The number of aliphatic hydroxyl groups is 1. The number of rotatable bonds is 6. The van der Waals surface area contributed by atoms with Gasteiger partial charge in [0.25, 0.3) is 0 Å². The molecule has 1 aliphatic carbocycles. The van der Waals surface area contributed by atoms with Gasteiger partial charge in [-0.15, -0.1) is 12.3 Å². The Hall–Kier alpha value is -2.19. The van der Waals surface area contributed by atoms with Crippen LogP contribution in [0.2, 0.25) is 0 Å². The van der Waals surface area contributed by atoms with E-state index in [0.29, 0.717) is 32.1 Å². The summed E-state index contributed by atoms with van der Waals surface area (Å²) in [6, 6.07) is 7.61. The lowest BCUT2D eigenvalue weighted by Crippen LogP contribution is -2.40. The molecule has 1 aromatic carbocycles. The third-order valence-electron chi connectivity index (χ3n) is 4.85. The normalized spacial score (nSPS) is 23.2. The number of carbonyl (C=O) groups excluding carboxylic acids is 1. The predicted molar refractivity (Wildman–Crippen MR) is 86.6 cm³/mol. The molecule has 0 aromatic heterocycles.